The molecule has 0 unspecified atom stereocenters. The molecule has 1 amide bonds. The zero-order chi connectivity index (χ0) is 15.7. The normalized spacial score (nSPS) is 10.7. The third kappa shape index (κ3) is 3.20. The molecule has 0 atom stereocenters. The van der Waals surface area contributed by atoms with Crippen LogP contribution in [0.15, 0.2) is 23.7 Å². The predicted octanol–water partition coefficient (Wildman–Crippen LogP) is 3.84. The number of pyridine rings is 1. The first kappa shape index (κ1) is 14.8. The van der Waals surface area contributed by atoms with E-state index in [0.29, 0.717) is 10.8 Å². The van der Waals surface area contributed by atoms with Crippen molar-refractivity contribution in [3.63, 3.8) is 0 Å². The Balaban J connectivity index is 1.90. The minimum absolute atomic E-state index is 0.250. The van der Waals surface area contributed by atoms with Crippen molar-refractivity contribution in [2.45, 2.75) is 20.8 Å². The summed E-state index contributed by atoms with van der Waals surface area (Å²) >= 11 is 3.00. The lowest BCUT2D eigenvalue weighted by atomic mass is 10.1. The number of hydrogen-bond donors (Lipinski definition) is 1. The summed E-state index contributed by atoms with van der Waals surface area (Å²) in [5, 5.41) is 6.26. The number of thiazole rings is 2. The number of rotatable bonds is 3. The highest BCUT2D eigenvalue weighted by molar-refractivity contribution is 7.15. The van der Waals surface area contributed by atoms with Gasteiger partial charge in [-0.15, -0.1) is 22.7 Å². The molecule has 5 nitrogen and oxygen atoms in total. The maximum absolute atomic E-state index is 12.3. The van der Waals surface area contributed by atoms with E-state index in [-0.39, 0.29) is 5.91 Å². The summed E-state index contributed by atoms with van der Waals surface area (Å²) in [5.74, 6) is -0.250. The summed E-state index contributed by atoms with van der Waals surface area (Å²) in [6.07, 6.45) is 1.82. The van der Waals surface area contributed by atoms with Gasteiger partial charge < -0.3 is 0 Å². The lowest BCUT2D eigenvalue weighted by Gasteiger charge is -2.05. The third-order valence-corrected chi connectivity index (χ3v) is 4.77. The van der Waals surface area contributed by atoms with E-state index in [0.717, 1.165) is 26.8 Å². The van der Waals surface area contributed by atoms with Crippen molar-refractivity contribution < 1.29 is 4.79 Å². The minimum Gasteiger partial charge on any atom is -0.296 e. The average molecular weight is 330 g/mol. The molecule has 112 valence electrons. The van der Waals surface area contributed by atoms with Gasteiger partial charge >= 0.3 is 0 Å². The van der Waals surface area contributed by atoms with Crippen LogP contribution in [0.4, 0.5) is 5.13 Å². The van der Waals surface area contributed by atoms with Gasteiger partial charge in [0.1, 0.15) is 5.69 Å². The van der Waals surface area contributed by atoms with Crippen LogP contribution in [-0.2, 0) is 0 Å². The van der Waals surface area contributed by atoms with E-state index in [2.05, 4.69) is 20.3 Å². The molecular formula is C15H14N4OS2. The van der Waals surface area contributed by atoms with E-state index in [9.17, 15) is 4.79 Å². The molecule has 0 saturated carbocycles. The number of hydrogen-bond acceptors (Lipinski definition) is 6. The molecule has 0 aliphatic heterocycles. The Labute approximate surface area is 136 Å². The van der Waals surface area contributed by atoms with Crippen LogP contribution in [0.1, 0.15) is 26.9 Å². The van der Waals surface area contributed by atoms with Crippen LogP contribution in [0.3, 0.4) is 0 Å². The molecule has 0 bridgehead atoms. The fourth-order valence-electron chi connectivity index (χ4n) is 1.99. The van der Waals surface area contributed by atoms with Crippen molar-refractivity contribution >= 4 is 33.7 Å². The number of carbonyl (C=O) groups is 1. The average Bonchev–Trinajstić information content (AvgIpc) is 3.07. The topological polar surface area (TPSA) is 67.8 Å². The smallest absolute Gasteiger partial charge is 0.276 e. The number of amides is 1. The van der Waals surface area contributed by atoms with Gasteiger partial charge in [-0.2, -0.15) is 0 Å². The molecule has 0 radical (unpaired) electrons. The molecule has 7 heteroatoms. The van der Waals surface area contributed by atoms with Crippen LogP contribution >= 0.6 is 22.7 Å². The van der Waals surface area contributed by atoms with Gasteiger partial charge in [0.25, 0.3) is 5.91 Å². The number of nitrogens with zero attached hydrogens (tertiary/aromatic N) is 3. The van der Waals surface area contributed by atoms with Gasteiger partial charge in [0.15, 0.2) is 5.13 Å². The van der Waals surface area contributed by atoms with Crippen LogP contribution in [-0.4, -0.2) is 20.9 Å². The van der Waals surface area contributed by atoms with E-state index in [4.69, 9.17) is 0 Å². The molecule has 22 heavy (non-hydrogen) atoms. The standard InChI is InChI=1S/C15H14N4OS2/c1-8-4-11(13-6-16-10(3)22-13)5-12(17-8)14(20)19-15-18-9(2)7-21-15/h4-7H,1-3H3,(H,18,19,20). The monoisotopic (exact) mass is 330 g/mol. The zero-order valence-corrected chi connectivity index (χ0v) is 14.0. The van der Waals surface area contributed by atoms with Crippen molar-refractivity contribution in [2.75, 3.05) is 5.32 Å². The fraction of sp³-hybridized carbons (Fsp3) is 0.200. The van der Waals surface area contributed by atoms with Crippen LogP contribution < -0.4 is 5.32 Å². The molecule has 3 rings (SSSR count). The van der Waals surface area contributed by atoms with Gasteiger partial charge in [0.05, 0.1) is 15.6 Å². The summed E-state index contributed by atoms with van der Waals surface area (Å²) in [6.45, 7) is 5.73. The highest BCUT2D eigenvalue weighted by Crippen LogP contribution is 2.27. The molecule has 0 aromatic carbocycles. The molecule has 3 aromatic rings. The molecule has 0 spiro atoms. The van der Waals surface area contributed by atoms with Crippen LogP contribution in [0.2, 0.25) is 0 Å². The Kier molecular flexibility index (Phi) is 4.00. The first-order valence-electron chi connectivity index (χ1n) is 6.66. The van der Waals surface area contributed by atoms with Gasteiger partial charge in [-0.05, 0) is 38.5 Å². The highest BCUT2D eigenvalue weighted by Gasteiger charge is 2.13. The van der Waals surface area contributed by atoms with Crippen molar-refractivity contribution in [3.05, 3.63) is 45.8 Å². The molecule has 0 saturated heterocycles. The first-order valence-corrected chi connectivity index (χ1v) is 8.36. The van der Waals surface area contributed by atoms with E-state index in [1.54, 1.807) is 17.4 Å². The Morgan fingerprint density at radius 3 is 2.59 bits per heavy atom. The largest absolute Gasteiger partial charge is 0.296 e. The van der Waals surface area contributed by atoms with E-state index in [1.807, 2.05) is 38.4 Å². The summed E-state index contributed by atoms with van der Waals surface area (Å²) in [6, 6.07) is 3.74. The van der Waals surface area contributed by atoms with Crippen molar-refractivity contribution in [3.8, 4) is 10.4 Å². The van der Waals surface area contributed by atoms with Crippen LogP contribution in [0.5, 0.6) is 0 Å². The minimum atomic E-state index is -0.250. The summed E-state index contributed by atoms with van der Waals surface area (Å²) in [5.41, 5.74) is 3.02. The van der Waals surface area contributed by atoms with Crippen molar-refractivity contribution in [1.82, 2.24) is 15.0 Å². The Morgan fingerprint density at radius 1 is 1.14 bits per heavy atom. The molecular weight excluding hydrogens is 316 g/mol. The number of aryl methyl sites for hydroxylation is 3. The van der Waals surface area contributed by atoms with Gasteiger partial charge in [0, 0.05) is 17.3 Å². The number of anilines is 1. The first-order chi connectivity index (χ1) is 10.5. The second-order valence-electron chi connectivity index (χ2n) is 4.87. The second-order valence-corrected chi connectivity index (χ2v) is 6.97. The number of carbonyl (C=O) groups excluding carboxylic acids is 1. The molecule has 3 aromatic heterocycles. The van der Waals surface area contributed by atoms with Gasteiger partial charge in [-0.25, -0.2) is 15.0 Å². The van der Waals surface area contributed by atoms with Gasteiger partial charge in [-0.3, -0.25) is 10.1 Å². The maximum atomic E-state index is 12.3. The highest BCUT2D eigenvalue weighted by atomic mass is 32.1. The zero-order valence-electron chi connectivity index (χ0n) is 12.4. The molecule has 1 N–H and O–H groups in total. The molecule has 0 aliphatic rings. The Morgan fingerprint density at radius 2 is 1.95 bits per heavy atom. The van der Waals surface area contributed by atoms with E-state index < -0.39 is 0 Å². The van der Waals surface area contributed by atoms with Gasteiger partial charge in [-0.1, -0.05) is 0 Å². The molecule has 0 fully saturated rings. The van der Waals surface area contributed by atoms with E-state index >= 15 is 0 Å². The SMILES string of the molecule is Cc1cc(-c2cnc(C)s2)cc(C(=O)Nc2nc(C)cs2)n1. The molecule has 0 aliphatic carbocycles. The second kappa shape index (κ2) is 5.94. The number of aromatic nitrogens is 3. The summed E-state index contributed by atoms with van der Waals surface area (Å²) < 4.78 is 0. The van der Waals surface area contributed by atoms with Gasteiger partial charge in [0.2, 0.25) is 0 Å². The number of nitrogens with one attached hydrogen (secondary N) is 1. The lowest BCUT2D eigenvalue weighted by molar-refractivity contribution is 0.102. The third-order valence-electron chi connectivity index (χ3n) is 2.93. The fourth-order valence-corrected chi connectivity index (χ4v) is 3.44. The van der Waals surface area contributed by atoms with Crippen LogP contribution in [0, 0.1) is 20.8 Å². The Hall–Kier alpha value is -2.12. The predicted molar refractivity (Wildman–Crippen MR) is 89.6 cm³/mol. The summed E-state index contributed by atoms with van der Waals surface area (Å²) in [7, 11) is 0. The summed E-state index contributed by atoms with van der Waals surface area (Å²) in [4.78, 5) is 26.2. The maximum Gasteiger partial charge on any atom is 0.276 e. The van der Waals surface area contributed by atoms with Crippen molar-refractivity contribution in [1.29, 1.82) is 0 Å². The molecule has 3 heterocycles. The quantitative estimate of drug-likeness (QED) is 0.792. The van der Waals surface area contributed by atoms with Crippen LogP contribution in [0.25, 0.3) is 10.4 Å². The Bertz CT molecular complexity index is 838. The lowest BCUT2D eigenvalue weighted by Crippen LogP contribution is -2.14. The van der Waals surface area contributed by atoms with E-state index in [1.165, 1.54) is 11.3 Å². The van der Waals surface area contributed by atoms with Crippen molar-refractivity contribution in [2.24, 2.45) is 0 Å².